The van der Waals surface area contributed by atoms with Crippen LogP contribution >= 0.6 is 130 Å². The van der Waals surface area contributed by atoms with E-state index in [2.05, 4.69) is 95.6 Å². The molecule has 1 aliphatic rings. The lowest BCUT2D eigenvalue weighted by Crippen LogP contribution is -2.47. The van der Waals surface area contributed by atoms with E-state index >= 15 is 0 Å². The molecule has 0 bridgehead atoms. The summed E-state index contributed by atoms with van der Waals surface area (Å²) in [5.41, 5.74) is 0. The zero-order valence-corrected chi connectivity index (χ0v) is 23.6. The van der Waals surface area contributed by atoms with Crippen LogP contribution in [0.5, 0.6) is 0 Å². The van der Waals surface area contributed by atoms with Crippen molar-refractivity contribution in [3.05, 3.63) is 0 Å². The van der Waals surface area contributed by atoms with Gasteiger partial charge in [-0.15, -0.1) is 0 Å². The normalized spacial score (nSPS) is 25.4. The zero-order chi connectivity index (χ0) is 17.4. The minimum Gasteiger partial charge on any atom is -0.0874 e. The molecule has 0 unspecified atom stereocenters. The van der Waals surface area contributed by atoms with Crippen molar-refractivity contribution in [3.63, 3.8) is 0 Å². The van der Waals surface area contributed by atoms with Gasteiger partial charge in [-0.1, -0.05) is 175 Å². The van der Waals surface area contributed by atoms with Gasteiger partial charge < -0.3 is 0 Å². The van der Waals surface area contributed by atoms with Gasteiger partial charge in [-0.3, -0.25) is 0 Å². The molecule has 1 aliphatic carbocycles. The zero-order valence-electron chi connectivity index (χ0n) is 11.8. The molecule has 0 aromatic heterocycles. The Hall–Kier alpha value is 3.75. The van der Waals surface area contributed by atoms with Crippen LogP contribution < -0.4 is 0 Å². The number of hydrogen-bond donors (Lipinski definition) is 0. The Balaban J connectivity index is 0.000000980. The standard InChI is InChI=1S/C12H18Br6.CHCl3/c13-10(14)8-6-4-2-1-3-5-7-9-11(15,16)12(10,17)18;2-1(3)4/h1-9H2;1H. The van der Waals surface area contributed by atoms with Crippen LogP contribution in [0, 0.1) is 0 Å². The van der Waals surface area contributed by atoms with Gasteiger partial charge >= 0.3 is 0 Å². The summed E-state index contributed by atoms with van der Waals surface area (Å²) in [7, 11) is 0. The SMILES string of the molecule is BrC1(Br)CCCCCCCCCC(Br)(Br)C1(Br)Br.ClC(Cl)Cl. The van der Waals surface area contributed by atoms with E-state index in [-0.39, 0.29) is 9.70 Å². The maximum atomic E-state index is 4.81. The molecular formula is C13H19Br6Cl3. The summed E-state index contributed by atoms with van der Waals surface area (Å²) in [6, 6.07) is 0. The maximum absolute atomic E-state index is 4.81. The van der Waals surface area contributed by atoms with Crippen molar-refractivity contribution in [2.24, 2.45) is 0 Å². The first-order chi connectivity index (χ1) is 9.94. The molecule has 0 radical (unpaired) electrons. The van der Waals surface area contributed by atoms with E-state index in [1.165, 1.54) is 44.9 Å². The molecule has 0 aromatic carbocycles. The highest BCUT2D eigenvalue weighted by atomic mass is 79.9. The topological polar surface area (TPSA) is 0 Å². The largest absolute Gasteiger partial charge is 0.180 e. The molecule has 0 atom stereocenters. The fourth-order valence-electron chi connectivity index (χ4n) is 2.16. The second-order valence-corrected chi connectivity index (χ2v) is 18.2. The molecule has 0 aromatic rings. The lowest BCUT2D eigenvalue weighted by atomic mass is 10.0. The number of halogens is 9. The van der Waals surface area contributed by atoms with Crippen molar-refractivity contribution < 1.29 is 0 Å². The van der Waals surface area contributed by atoms with Crippen LogP contribution in [0.2, 0.25) is 0 Å². The Morgan fingerprint density at radius 3 is 1.05 bits per heavy atom. The van der Waals surface area contributed by atoms with Crippen LogP contribution in [0.25, 0.3) is 0 Å². The Labute approximate surface area is 199 Å². The van der Waals surface area contributed by atoms with Crippen molar-refractivity contribution in [2.75, 3.05) is 0 Å². The molecule has 1 saturated carbocycles. The minimum atomic E-state index is -0.750. The maximum Gasteiger partial charge on any atom is 0.180 e. The summed E-state index contributed by atoms with van der Waals surface area (Å²) in [5, 5.41) is 0. The predicted octanol–water partition coefficient (Wildman–Crippen LogP) is 9.96. The lowest BCUT2D eigenvalue weighted by Gasteiger charge is -2.44. The second kappa shape index (κ2) is 12.3. The van der Waals surface area contributed by atoms with E-state index in [0.717, 1.165) is 12.8 Å². The van der Waals surface area contributed by atoms with E-state index in [9.17, 15) is 0 Å². The van der Waals surface area contributed by atoms with Gasteiger partial charge in [0.25, 0.3) is 0 Å². The van der Waals surface area contributed by atoms with Gasteiger partial charge in [0.2, 0.25) is 0 Å². The molecule has 134 valence electrons. The van der Waals surface area contributed by atoms with E-state index < -0.39 is 4.30 Å². The lowest BCUT2D eigenvalue weighted by molar-refractivity contribution is 0.502. The predicted molar refractivity (Wildman–Crippen MR) is 125 cm³/mol. The van der Waals surface area contributed by atoms with Gasteiger partial charge in [0, 0.05) is 0 Å². The number of hydrogen-bond acceptors (Lipinski definition) is 0. The molecule has 0 heterocycles. The van der Waals surface area contributed by atoms with Crippen molar-refractivity contribution in [1.82, 2.24) is 0 Å². The Morgan fingerprint density at radius 1 is 0.545 bits per heavy atom. The van der Waals surface area contributed by atoms with Crippen molar-refractivity contribution in [1.29, 1.82) is 0 Å². The van der Waals surface area contributed by atoms with E-state index in [0.29, 0.717) is 0 Å². The van der Waals surface area contributed by atoms with Crippen LogP contribution in [0.15, 0.2) is 0 Å². The van der Waals surface area contributed by atoms with Crippen LogP contribution in [-0.2, 0) is 0 Å². The van der Waals surface area contributed by atoms with Crippen LogP contribution in [0.1, 0.15) is 57.8 Å². The van der Waals surface area contributed by atoms with E-state index in [1.807, 2.05) is 0 Å². The first-order valence-corrected chi connectivity index (χ1v) is 13.1. The first kappa shape index (κ1) is 25.8. The van der Waals surface area contributed by atoms with Crippen LogP contribution in [0.3, 0.4) is 0 Å². The molecule has 0 spiro atoms. The Bertz CT molecular complexity index is 283. The summed E-state index contributed by atoms with van der Waals surface area (Å²) in [6.07, 6.45) is 11.3. The highest BCUT2D eigenvalue weighted by molar-refractivity contribution is 9.33. The summed E-state index contributed by atoms with van der Waals surface area (Å²) in [6.45, 7) is 0. The van der Waals surface area contributed by atoms with Gasteiger partial charge in [-0.25, -0.2) is 0 Å². The summed E-state index contributed by atoms with van der Waals surface area (Å²) in [5.74, 6) is 0. The molecule has 0 N–H and O–H groups in total. The molecule has 1 fully saturated rings. The van der Waals surface area contributed by atoms with Crippen LogP contribution in [0.4, 0.5) is 0 Å². The van der Waals surface area contributed by atoms with E-state index in [1.54, 1.807) is 0 Å². The third-order valence-electron chi connectivity index (χ3n) is 3.40. The summed E-state index contributed by atoms with van der Waals surface area (Å²) in [4.78, 5) is 0. The molecular weight excluding hydrogens is 742 g/mol. The molecule has 0 aliphatic heterocycles. The smallest absolute Gasteiger partial charge is 0.0874 e. The fourth-order valence-corrected chi connectivity index (χ4v) is 6.49. The molecule has 0 nitrogen and oxygen atoms in total. The minimum absolute atomic E-state index is 0.181. The van der Waals surface area contributed by atoms with Gasteiger partial charge in [0.15, 0.2) is 4.30 Å². The highest BCUT2D eigenvalue weighted by Crippen LogP contribution is 2.63. The van der Waals surface area contributed by atoms with E-state index in [4.69, 9.17) is 34.8 Å². The van der Waals surface area contributed by atoms with Gasteiger partial charge in [0.1, 0.15) is 9.70 Å². The van der Waals surface area contributed by atoms with Crippen molar-refractivity contribution in [3.8, 4) is 0 Å². The van der Waals surface area contributed by atoms with Crippen molar-refractivity contribution >= 4 is 130 Å². The highest BCUT2D eigenvalue weighted by Gasteiger charge is 2.56. The monoisotopic (exact) mass is 754 g/mol. The third-order valence-corrected chi connectivity index (χ3v) is 14.3. The Kier molecular flexibility index (Phi) is 14.3. The molecule has 9 heteroatoms. The summed E-state index contributed by atoms with van der Waals surface area (Å²) < 4.78 is -1.41. The summed E-state index contributed by atoms with van der Waals surface area (Å²) >= 11 is 37.5. The average Bonchev–Trinajstić information content (AvgIpc) is 2.34. The Morgan fingerprint density at radius 2 is 0.773 bits per heavy atom. The van der Waals surface area contributed by atoms with Crippen LogP contribution in [-0.4, -0.2) is 14.0 Å². The van der Waals surface area contributed by atoms with Gasteiger partial charge in [-0.2, -0.15) is 0 Å². The number of alkyl halides is 9. The molecule has 0 amide bonds. The first-order valence-electron chi connectivity index (χ1n) is 7.00. The third kappa shape index (κ3) is 9.62. The molecule has 22 heavy (non-hydrogen) atoms. The molecule has 0 saturated heterocycles. The van der Waals surface area contributed by atoms with Crippen molar-refractivity contribution in [2.45, 2.75) is 71.8 Å². The second-order valence-electron chi connectivity index (χ2n) is 5.21. The molecule has 1 rings (SSSR count). The number of rotatable bonds is 0. The fraction of sp³-hybridized carbons (Fsp3) is 1.00. The quantitative estimate of drug-likeness (QED) is 0.216. The average molecular weight is 761 g/mol. The van der Waals surface area contributed by atoms with Gasteiger partial charge in [-0.05, 0) is 12.8 Å². The van der Waals surface area contributed by atoms with Gasteiger partial charge in [0.05, 0.1) is 0 Å².